The number of amides is 1. The summed E-state index contributed by atoms with van der Waals surface area (Å²) in [7, 11) is 0. The van der Waals surface area contributed by atoms with E-state index in [2.05, 4.69) is 35.6 Å². The van der Waals surface area contributed by atoms with Gasteiger partial charge in [-0.05, 0) is 24.3 Å². The lowest BCUT2D eigenvalue weighted by Gasteiger charge is -2.12. The van der Waals surface area contributed by atoms with Crippen LogP contribution >= 0.6 is 22.9 Å². The van der Waals surface area contributed by atoms with E-state index in [1.54, 1.807) is 30.6 Å². The second-order valence-corrected chi connectivity index (χ2v) is 8.49. The molecule has 0 fully saturated rings. The summed E-state index contributed by atoms with van der Waals surface area (Å²) in [6, 6.07) is 5.83. The normalized spacial score (nSPS) is 12.4. The van der Waals surface area contributed by atoms with Gasteiger partial charge < -0.3 is 10.4 Å². The fraction of sp³-hybridized carbons (Fsp3) is 0.143. The molecule has 0 saturated carbocycles. The molecule has 0 spiro atoms. The summed E-state index contributed by atoms with van der Waals surface area (Å²) < 4.78 is 39.0. The van der Waals surface area contributed by atoms with Gasteiger partial charge in [0.25, 0.3) is 5.91 Å². The smallest absolute Gasteiger partial charge is 0.373 e. The number of pyridine rings is 2. The average Bonchev–Trinajstić information content (AvgIpc) is 3.33. The molecule has 1 atom stereocenters. The van der Waals surface area contributed by atoms with Crippen LogP contribution in [0.1, 0.15) is 32.2 Å². The number of carbonyl (C=O) groups excluding carboxylic acids is 1. The van der Waals surface area contributed by atoms with Crippen molar-refractivity contribution in [3.63, 3.8) is 0 Å². The highest BCUT2D eigenvalue weighted by molar-refractivity contribution is 7.13. The number of aliphatic hydroxyl groups excluding tert-OH is 1. The minimum atomic E-state index is -4.69. The molecule has 180 valence electrons. The summed E-state index contributed by atoms with van der Waals surface area (Å²) in [5.74, 6) is -0.987. The Bertz CT molecular complexity index is 1340. The fourth-order valence-corrected chi connectivity index (χ4v) is 3.86. The molecule has 1 unspecified atom stereocenters. The van der Waals surface area contributed by atoms with Crippen molar-refractivity contribution < 1.29 is 23.1 Å². The molecule has 4 heterocycles. The maximum absolute atomic E-state index is 13.0. The molecule has 0 aliphatic heterocycles. The number of aliphatic hydroxyl groups is 1. The number of rotatable bonds is 7. The van der Waals surface area contributed by atoms with Crippen molar-refractivity contribution in [3.05, 3.63) is 81.5 Å². The van der Waals surface area contributed by atoms with Crippen LogP contribution in [0.25, 0.3) is 11.3 Å². The molecule has 1 amide bonds. The SMILES string of the molecule is O=C(Nc1cc(C(F)(F)F)c(Cl)cn1)c1cnc(CNC(O)c2cc(-c3ccncc3)ncn2)s1. The quantitative estimate of drug-likeness (QED) is 0.310. The van der Waals surface area contributed by atoms with Gasteiger partial charge in [0.15, 0.2) is 0 Å². The second kappa shape index (κ2) is 10.4. The summed E-state index contributed by atoms with van der Waals surface area (Å²) >= 11 is 6.54. The largest absolute Gasteiger partial charge is 0.418 e. The van der Waals surface area contributed by atoms with Crippen LogP contribution in [0.3, 0.4) is 0 Å². The number of hydrogen-bond acceptors (Lipinski definition) is 9. The molecule has 0 aliphatic rings. The van der Waals surface area contributed by atoms with E-state index in [-0.39, 0.29) is 17.2 Å². The molecule has 0 aromatic carbocycles. The molecule has 3 N–H and O–H groups in total. The van der Waals surface area contributed by atoms with Crippen LogP contribution in [0, 0.1) is 0 Å². The van der Waals surface area contributed by atoms with Gasteiger partial charge in [-0.3, -0.25) is 15.1 Å². The number of nitrogens with zero attached hydrogens (tertiary/aromatic N) is 5. The molecule has 0 bridgehead atoms. The van der Waals surface area contributed by atoms with E-state index in [4.69, 9.17) is 11.6 Å². The number of alkyl halides is 3. The zero-order valence-electron chi connectivity index (χ0n) is 17.5. The third-order valence-electron chi connectivity index (χ3n) is 4.57. The van der Waals surface area contributed by atoms with E-state index in [1.165, 1.54) is 12.5 Å². The Labute approximate surface area is 205 Å². The lowest BCUT2D eigenvalue weighted by atomic mass is 10.1. The number of halogens is 4. The Morgan fingerprint density at radius 1 is 1.11 bits per heavy atom. The molecule has 9 nitrogen and oxygen atoms in total. The van der Waals surface area contributed by atoms with Gasteiger partial charge in [0.05, 0.1) is 34.7 Å². The molecule has 0 radical (unpaired) electrons. The molecular weight excluding hydrogens is 507 g/mol. The summed E-state index contributed by atoms with van der Waals surface area (Å²) in [6.07, 6.45) is 0.843. The second-order valence-electron chi connectivity index (χ2n) is 6.97. The monoisotopic (exact) mass is 521 g/mol. The zero-order chi connectivity index (χ0) is 25.0. The number of carbonyl (C=O) groups is 1. The van der Waals surface area contributed by atoms with E-state index in [0.29, 0.717) is 22.5 Å². The van der Waals surface area contributed by atoms with Crippen molar-refractivity contribution in [2.45, 2.75) is 18.9 Å². The summed E-state index contributed by atoms with van der Waals surface area (Å²) in [6.45, 7) is 0.102. The van der Waals surface area contributed by atoms with Crippen molar-refractivity contribution in [3.8, 4) is 11.3 Å². The highest BCUT2D eigenvalue weighted by Gasteiger charge is 2.34. The maximum Gasteiger partial charge on any atom is 0.418 e. The van der Waals surface area contributed by atoms with Gasteiger partial charge in [0, 0.05) is 24.2 Å². The Hall–Kier alpha value is -3.52. The minimum absolute atomic E-state index is 0.102. The number of nitrogens with one attached hydrogen (secondary N) is 2. The van der Waals surface area contributed by atoms with E-state index in [1.807, 2.05) is 0 Å². The van der Waals surface area contributed by atoms with E-state index in [0.717, 1.165) is 23.1 Å². The fourth-order valence-electron chi connectivity index (χ4n) is 2.89. The van der Waals surface area contributed by atoms with Crippen molar-refractivity contribution in [1.82, 2.24) is 30.2 Å². The van der Waals surface area contributed by atoms with Crippen molar-refractivity contribution >= 4 is 34.7 Å². The van der Waals surface area contributed by atoms with Gasteiger partial charge >= 0.3 is 6.18 Å². The summed E-state index contributed by atoms with van der Waals surface area (Å²) in [4.78, 5) is 32.6. The van der Waals surface area contributed by atoms with Gasteiger partial charge in [-0.2, -0.15) is 13.2 Å². The first-order valence-electron chi connectivity index (χ1n) is 9.83. The Morgan fingerprint density at radius 3 is 2.63 bits per heavy atom. The Kier molecular flexibility index (Phi) is 7.31. The molecule has 0 saturated heterocycles. The lowest BCUT2D eigenvalue weighted by molar-refractivity contribution is -0.137. The van der Waals surface area contributed by atoms with Crippen molar-refractivity contribution in [2.24, 2.45) is 0 Å². The van der Waals surface area contributed by atoms with Crippen LogP contribution < -0.4 is 10.6 Å². The first kappa shape index (κ1) is 24.6. The highest BCUT2D eigenvalue weighted by Crippen LogP contribution is 2.35. The number of thiazole rings is 1. The molecule has 4 aromatic rings. The topological polar surface area (TPSA) is 126 Å². The average molecular weight is 522 g/mol. The van der Waals surface area contributed by atoms with Crippen LogP contribution in [-0.2, 0) is 12.7 Å². The number of aromatic nitrogens is 5. The first-order chi connectivity index (χ1) is 16.7. The predicted octanol–water partition coefficient (Wildman–Crippen LogP) is 4.10. The van der Waals surface area contributed by atoms with Crippen LogP contribution in [-0.4, -0.2) is 35.9 Å². The zero-order valence-corrected chi connectivity index (χ0v) is 19.1. The molecule has 4 rings (SSSR count). The van der Waals surface area contributed by atoms with E-state index < -0.39 is 28.9 Å². The van der Waals surface area contributed by atoms with Gasteiger partial charge in [0.1, 0.15) is 28.3 Å². The predicted molar refractivity (Wildman–Crippen MR) is 121 cm³/mol. The standard InChI is InChI=1S/C21H15ClF3N7O2S/c22-13-7-27-17(5-12(13)21(23,24)25)32-20(34)16-8-28-18(35-16)9-29-19(33)15-6-14(30-10-31-15)11-1-3-26-4-2-11/h1-8,10,19,29,33H,9H2,(H,27,32,34). The summed E-state index contributed by atoms with van der Waals surface area (Å²) in [5, 5.41) is 15.5. The lowest BCUT2D eigenvalue weighted by Crippen LogP contribution is -2.21. The number of hydrogen-bond donors (Lipinski definition) is 3. The van der Waals surface area contributed by atoms with Gasteiger partial charge in [0.2, 0.25) is 0 Å². The maximum atomic E-state index is 13.0. The Morgan fingerprint density at radius 2 is 1.89 bits per heavy atom. The third kappa shape index (κ3) is 6.14. The summed E-state index contributed by atoms with van der Waals surface area (Å²) in [5.41, 5.74) is 0.639. The highest BCUT2D eigenvalue weighted by atomic mass is 35.5. The van der Waals surface area contributed by atoms with E-state index in [9.17, 15) is 23.1 Å². The minimum Gasteiger partial charge on any atom is -0.373 e. The van der Waals surface area contributed by atoms with Gasteiger partial charge in [-0.25, -0.2) is 19.9 Å². The van der Waals surface area contributed by atoms with Gasteiger partial charge in [-0.15, -0.1) is 11.3 Å². The van der Waals surface area contributed by atoms with Crippen LogP contribution in [0.5, 0.6) is 0 Å². The van der Waals surface area contributed by atoms with Gasteiger partial charge in [-0.1, -0.05) is 11.6 Å². The van der Waals surface area contributed by atoms with Crippen LogP contribution in [0.2, 0.25) is 5.02 Å². The molecule has 14 heteroatoms. The van der Waals surface area contributed by atoms with E-state index >= 15 is 0 Å². The van der Waals surface area contributed by atoms with Crippen molar-refractivity contribution in [2.75, 3.05) is 5.32 Å². The van der Waals surface area contributed by atoms with Crippen LogP contribution in [0.4, 0.5) is 19.0 Å². The Balaban J connectivity index is 1.38. The van der Waals surface area contributed by atoms with Crippen LogP contribution in [0.15, 0.2) is 55.4 Å². The molecule has 4 aromatic heterocycles. The third-order valence-corrected chi connectivity index (χ3v) is 5.87. The molecule has 35 heavy (non-hydrogen) atoms. The first-order valence-corrected chi connectivity index (χ1v) is 11.0. The number of anilines is 1. The van der Waals surface area contributed by atoms with Crippen molar-refractivity contribution in [1.29, 1.82) is 0 Å². The molecular formula is C21H15ClF3N7O2S. The molecule has 0 aliphatic carbocycles.